The van der Waals surface area contributed by atoms with Crippen LogP contribution in [0.2, 0.25) is 0 Å². The number of aliphatic hydroxyl groups is 1. The van der Waals surface area contributed by atoms with Crippen LogP contribution in [0.4, 0.5) is 0 Å². The summed E-state index contributed by atoms with van der Waals surface area (Å²) in [4.78, 5) is 0. The molecule has 1 aromatic rings. The van der Waals surface area contributed by atoms with E-state index in [0.717, 1.165) is 6.42 Å². The van der Waals surface area contributed by atoms with E-state index in [9.17, 15) is 5.11 Å². The highest BCUT2D eigenvalue weighted by atomic mass is 16.5. The molecule has 100 valence electrons. The molecule has 1 unspecified atom stereocenters. The number of hydrogen-bond donors (Lipinski definition) is 1. The molecule has 0 aliphatic carbocycles. The zero-order chi connectivity index (χ0) is 13.1. The van der Waals surface area contributed by atoms with Gasteiger partial charge in [0.25, 0.3) is 0 Å². The Morgan fingerprint density at radius 1 is 1.17 bits per heavy atom. The first kappa shape index (κ1) is 12.8. The molecule has 18 heavy (non-hydrogen) atoms. The summed E-state index contributed by atoms with van der Waals surface area (Å²) in [6.07, 6.45) is 0.819. The van der Waals surface area contributed by atoms with Crippen LogP contribution in [0.15, 0.2) is 6.07 Å². The Bertz CT molecular complexity index is 430. The second kappa shape index (κ2) is 5.35. The van der Waals surface area contributed by atoms with E-state index in [2.05, 4.69) is 0 Å². The summed E-state index contributed by atoms with van der Waals surface area (Å²) < 4.78 is 21.5. The number of rotatable bonds is 3. The topological polar surface area (TPSA) is 57.2 Å². The summed E-state index contributed by atoms with van der Waals surface area (Å²) in [5.74, 6) is 2.07. The maximum absolute atomic E-state index is 10.2. The van der Waals surface area contributed by atoms with Crippen LogP contribution < -0.4 is 18.9 Å². The highest BCUT2D eigenvalue weighted by Gasteiger charge is 2.28. The third-order valence-corrected chi connectivity index (χ3v) is 3.04. The molecular formula is C13H18O5. The van der Waals surface area contributed by atoms with E-state index in [4.69, 9.17) is 18.9 Å². The van der Waals surface area contributed by atoms with Gasteiger partial charge in [0.2, 0.25) is 5.75 Å². The molecule has 0 spiro atoms. The molecule has 0 amide bonds. The Kier molecular flexibility index (Phi) is 3.81. The van der Waals surface area contributed by atoms with Crippen LogP contribution in [0.5, 0.6) is 23.0 Å². The van der Waals surface area contributed by atoms with Crippen molar-refractivity contribution in [2.75, 3.05) is 27.9 Å². The predicted octanol–water partition coefficient (Wildman–Crippen LogP) is 1.92. The van der Waals surface area contributed by atoms with Crippen molar-refractivity contribution in [2.45, 2.75) is 18.9 Å². The molecule has 0 bridgehead atoms. The van der Waals surface area contributed by atoms with Gasteiger partial charge >= 0.3 is 0 Å². The molecule has 0 saturated carbocycles. The Morgan fingerprint density at radius 3 is 2.50 bits per heavy atom. The van der Waals surface area contributed by atoms with Gasteiger partial charge in [-0.1, -0.05) is 0 Å². The smallest absolute Gasteiger partial charge is 0.203 e. The number of ether oxygens (including phenoxy) is 4. The average Bonchev–Trinajstić information content (AvgIpc) is 2.58. The summed E-state index contributed by atoms with van der Waals surface area (Å²) in [6.45, 7) is 0.572. The molecule has 1 heterocycles. The lowest BCUT2D eigenvalue weighted by Crippen LogP contribution is -2.04. The van der Waals surface area contributed by atoms with Crippen molar-refractivity contribution in [3.05, 3.63) is 11.6 Å². The van der Waals surface area contributed by atoms with Crippen LogP contribution in [0.25, 0.3) is 0 Å². The van der Waals surface area contributed by atoms with E-state index in [1.165, 1.54) is 14.2 Å². The number of hydrogen-bond acceptors (Lipinski definition) is 5. The molecule has 0 radical (unpaired) electrons. The minimum atomic E-state index is -0.614. The van der Waals surface area contributed by atoms with E-state index < -0.39 is 6.10 Å². The van der Waals surface area contributed by atoms with Gasteiger partial charge in [0.15, 0.2) is 11.5 Å². The second-order valence-corrected chi connectivity index (χ2v) is 4.06. The third-order valence-electron chi connectivity index (χ3n) is 3.04. The summed E-state index contributed by atoms with van der Waals surface area (Å²) in [6, 6.07) is 1.73. The maximum Gasteiger partial charge on any atom is 0.203 e. The molecular weight excluding hydrogens is 236 g/mol. The van der Waals surface area contributed by atoms with E-state index in [0.29, 0.717) is 41.6 Å². The fourth-order valence-corrected chi connectivity index (χ4v) is 2.19. The molecule has 1 N–H and O–H groups in total. The van der Waals surface area contributed by atoms with Gasteiger partial charge in [-0.05, 0) is 12.8 Å². The van der Waals surface area contributed by atoms with Crippen molar-refractivity contribution in [1.82, 2.24) is 0 Å². The van der Waals surface area contributed by atoms with Crippen molar-refractivity contribution < 1.29 is 24.1 Å². The molecule has 1 aliphatic heterocycles. The normalized spacial score (nSPS) is 18.3. The van der Waals surface area contributed by atoms with E-state index in [1.807, 2.05) is 0 Å². The van der Waals surface area contributed by atoms with E-state index in [1.54, 1.807) is 13.2 Å². The van der Waals surface area contributed by atoms with Crippen molar-refractivity contribution in [1.29, 1.82) is 0 Å². The Labute approximate surface area is 106 Å². The van der Waals surface area contributed by atoms with Crippen LogP contribution in [0, 0.1) is 0 Å². The highest BCUT2D eigenvalue weighted by molar-refractivity contribution is 5.62. The standard InChI is InChI=1S/C13H18O5/c1-15-10-7-9-11(8(14)5-4-6-18-9)13(17-3)12(10)16-2/h7-8,14H,4-6H2,1-3H3. The molecule has 5 heteroatoms. The largest absolute Gasteiger partial charge is 0.493 e. The van der Waals surface area contributed by atoms with Gasteiger partial charge in [0.1, 0.15) is 5.75 Å². The lowest BCUT2D eigenvalue weighted by molar-refractivity contribution is 0.162. The van der Waals surface area contributed by atoms with Gasteiger partial charge in [-0.3, -0.25) is 0 Å². The average molecular weight is 254 g/mol. The Morgan fingerprint density at radius 2 is 1.89 bits per heavy atom. The molecule has 2 rings (SSSR count). The van der Waals surface area contributed by atoms with Crippen molar-refractivity contribution >= 4 is 0 Å². The molecule has 1 aliphatic rings. The number of benzene rings is 1. The van der Waals surface area contributed by atoms with Crippen LogP contribution in [0.1, 0.15) is 24.5 Å². The molecule has 5 nitrogen and oxygen atoms in total. The highest BCUT2D eigenvalue weighted by Crippen LogP contribution is 2.49. The van der Waals surface area contributed by atoms with Crippen molar-refractivity contribution in [3.63, 3.8) is 0 Å². The SMILES string of the molecule is COc1cc2c(c(OC)c1OC)C(O)CCCO2. The third kappa shape index (κ3) is 2.06. The Balaban J connectivity index is 2.64. The lowest BCUT2D eigenvalue weighted by Gasteiger charge is -2.20. The van der Waals surface area contributed by atoms with Crippen molar-refractivity contribution in [3.8, 4) is 23.0 Å². The summed E-state index contributed by atoms with van der Waals surface area (Å²) in [5.41, 5.74) is 0.632. The zero-order valence-corrected chi connectivity index (χ0v) is 10.9. The van der Waals surface area contributed by atoms with Crippen LogP contribution in [0.3, 0.4) is 0 Å². The van der Waals surface area contributed by atoms with Gasteiger partial charge < -0.3 is 24.1 Å². The van der Waals surface area contributed by atoms with Gasteiger partial charge in [-0.2, -0.15) is 0 Å². The number of methoxy groups -OCH3 is 3. The zero-order valence-electron chi connectivity index (χ0n) is 10.9. The van der Waals surface area contributed by atoms with Crippen LogP contribution >= 0.6 is 0 Å². The summed E-state index contributed by atoms with van der Waals surface area (Å²) in [5, 5.41) is 10.2. The van der Waals surface area contributed by atoms with E-state index >= 15 is 0 Å². The number of fused-ring (bicyclic) bond motifs is 1. The first-order valence-corrected chi connectivity index (χ1v) is 5.86. The first-order chi connectivity index (χ1) is 8.72. The fourth-order valence-electron chi connectivity index (χ4n) is 2.19. The van der Waals surface area contributed by atoms with Gasteiger partial charge in [0.05, 0.1) is 39.6 Å². The Hall–Kier alpha value is -1.62. The molecule has 0 aromatic heterocycles. The second-order valence-electron chi connectivity index (χ2n) is 4.06. The first-order valence-electron chi connectivity index (χ1n) is 5.86. The lowest BCUT2D eigenvalue weighted by atomic mass is 10.0. The number of aliphatic hydroxyl groups excluding tert-OH is 1. The van der Waals surface area contributed by atoms with Crippen LogP contribution in [-0.4, -0.2) is 33.0 Å². The molecule has 1 aromatic carbocycles. The van der Waals surface area contributed by atoms with Crippen molar-refractivity contribution in [2.24, 2.45) is 0 Å². The van der Waals surface area contributed by atoms with Crippen LogP contribution in [-0.2, 0) is 0 Å². The minimum Gasteiger partial charge on any atom is -0.493 e. The fraction of sp³-hybridized carbons (Fsp3) is 0.538. The van der Waals surface area contributed by atoms with Gasteiger partial charge in [0, 0.05) is 6.07 Å². The molecule has 0 fully saturated rings. The monoisotopic (exact) mass is 254 g/mol. The molecule has 1 atom stereocenters. The summed E-state index contributed by atoms with van der Waals surface area (Å²) >= 11 is 0. The maximum atomic E-state index is 10.2. The predicted molar refractivity (Wildman–Crippen MR) is 65.8 cm³/mol. The van der Waals surface area contributed by atoms with E-state index in [-0.39, 0.29) is 0 Å². The van der Waals surface area contributed by atoms with Gasteiger partial charge in [-0.25, -0.2) is 0 Å². The van der Waals surface area contributed by atoms with Gasteiger partial charge in [-0.15, -0.1) is 0 Å². The summed E-state index contributed by atoms with van der Waals surface area (Å²) in [7, 11) is 4.63. The molecule has 0 saturated heterocycles. The quantitative estimate of drug-likeness (QED) is 0.893. The minimum absolute atomic E-state index is 0.473.